The molecule has 0 amide bonds. The van der Waals surface area contributed by atoms with Gasteiger partial charge in [0.25, 0.3) is 0 Å². The third-order valence-corrected chi connectivity index (χ3v) is 0.892. The number of phosphoric ester groups is 1. The summed E-state index contributed by atoms with van der Waals surface area (Å²) in [7, 11) is -4.17. The molecule has 0 saturated carbocycles. The molecule has 0 rings (SSSR count). The molecule has 8 heavy (non-hydrogen) atoms. The number of hydrogen-bond acceptors (Lipinski definition) is 2. The van der Waals surface area contributed by atoms with Gasteiger partial charge in [-0.15, -0.1) is 0 Å². The van der Waals surface area contributed by atoms with Gasteiger partial charge >= 0.3 is 59.2 Å². The summed E-state index contributed by atoms with van der Waals surface area (Å²) < 4.78 is 13.6. The normalized spacial score (nSPS) is 10.4. The maximum atomic E-state index is 9.70. The second-order valence-corrected chi connectivity index (χ2v) is 2.15. The Bertz CT molecular complexity index is 88.0. The quantitative estimate of drug-likeness (QED) is 0.427. The summed E-state index contributed by atoms with van der Waals surface area (Å²) in [6.07, 6.45) is 0. The molecule has 0 aliphatic rings. The molecule has 0 saturated heterocycles. The molecule has 0 aliphatic heterocycles. The zero-order valence-electron chi connectivity index (χ0n) is 3.87. The van der Waals surface area contributed by atoms with Gasteiger partial charge in [0, 0.05) is 0 Å². The molecular formula is C2H8KO4P. The van der Waals surface area contributed by atoms with E-state index in [1.807, 2.05) is 0 Å². The van der Waals surface area contributed by atoms with Gasteiger partial charge in [0.15, 0.2) is 0 Å². The minimum atomic E-state index is -4.17. The molecule has 0 atom stereocenters. The summed E-state index contributed by atoms with van der Waals surface area (Å²) >= 11 is 0. The van der Waals surface area contributed by atoms with Crippen LogP contribution in [0.15, 0.2) is 0 Å². The first kappa shape index (κ1) is 12.4. The number of phosphoric acid groups is 1. The van der Waals surface area contributed by atoms with E-state index >= 15 is 0 Å². The van der Waals surface area contributed by atoms with E-state index in [9.17, 15) is 4.57 Å². The third kappa shape index (κ3) is 10.7. The minimum absolute atomic E-state index is 0. The van der Waals surface area contributed by atoms with Crippen molar-refractivity contribution >= 4 is 59.2 Å². The molecule has 46 valence electrons. The third-order valence-electron chi connectivity index (χ3n) is 0.297. The Morgan fingerprint density at radius 1 is 1.62 bits per heavy atom. The molecule has 0 spiro atoms. The van der Waals surface area contributed by atoms with Gasteiger partial charge in [-0.05, 0) is 6.92 Å². The van der Waals surface area contributed by atoms with E-state index in [0.717, 1.165) is 0 Å². The topological polar surface area (TPSA) is 66.8 Å². The van der Waals surface area contributed by atoms with E-state index in [2.05, 4.69) is 4.52 Å². The van der Waals surface area contributed by atoms with Crippen LogP contribution in [0.25, 0.3) is 0 Å². The molecule has 6 heteroatoms. The van der Waals surface area contributed by atoms with Crippen LogP contribution in [0, 0.1) is 0 Å². The molecule has 0 aromatic heterocycles. The second-order valence-electron chi connectivity index (χ2n) is 0.908. The second kappa shape index (κ2) is 5.53. The Hall–Kier alpha value is 1.75. The number of rotatable bonds is 2. The summed E-state index contributed by atoms with van der Waals surface area (Å²) in [6.45, 7) is 1.56. The SMILES string of the molecule is CCOP(=O)(O)O.[KH]. The summed E-state index contributed by atoms with van der Waals surface area (Å²) in [5.41, 5.74) is 0. The van der Waals surface area contributed by atoms with Gasteiger partial charge in [-0.25, -0.2) is 4.57 Å². The summed E-state index contributed by atoms with van der Waals surface area (Å²) in [4.78, 5) is 15.8. The average Bonchev–Trinajstić information content (AvgIpc) is 1.30. The summed E-state index contributed by atoms with van der Waals surface area (Å²) in [5.74, 6) is 0. The monoisotopic (exact) mass is 166 g/mol. The van der Waals surface area contributed by atoms with Crippen LogP contribution in [0.2, 0.25) is 0 Å². The van der Waals surface area contributed by atoms with Crippen LogP contribution in [0.3, 0.4) is 0 Å². The van der Waals surface area contributed by atoms with Gasteiger partial charge in [0.2, 0.25) is 0 Å². The van der Waals surface area contributed by atoms with E-state index in [-0.39, 0.29) is 58.0 Å². The van der Waals surface area contributed by atoms with Crippen LogP contribution < -0.4 is 0 Å². The molecule has 0 bridgehead atoms. The fourth-order valence-electron chi connectivity index (χ4n) is 0.168. The molecule has 0 aromatic carbocycles. The standard InChI is InChI=1S/C2H7O4P.K.H/c1-2-6-7(3,4)5;;/h2H2,1H3,(H2,3,4,5);;. The van der Waals surface area contributed by atoms with Crippen LogP contribution in [-0.4, -0.2) is 67.8 Å². The van der Waals surface area contributed by atoms with E-state index in [1.54, 1.807) is 0 Å². The van der Waals surface area contributed by atoms with Crippen molar-refractivity contribution in [1.29, 1.82) is 0 Å². The number of hydrogen-bond donors (Lipinski definition) is 2. The van der Waals surface area contributed by atoms with E-state index < -0.39 is 7.82 Å². The zero-order chi connectivity index (χ0) is 5.91. The van der Waals surface area contributed by atoms with Gasteiger partial charge in [-0.2, -0.15) is 0 Å². The fourth-order valence-corrected chi connectivity index (χ4v) is 0.505. The predicted molar refractivity (Wildman–Crippen MR) is 30.8 cm³/mol. The van der Waals surface area contributed by atoms with E-state index in [0.29, 0.717) is 0 Å². The first-order valence-corrected chi connectivity index (χ1v) is 3.29. The Kier molecular flexibility index (Phi) is 8.58. The maximum absolute atomic E-state index is 9.70. The van der Waals surface area contributed by atoms with E-state index in [1.165, 1.54) is 6.92 Å². The first-order valence-electron chi connectivity index (χ1n) is 1.76. The van der Waals surface area contributed by atoms with Crippen LogP contribution in [-0.2, 0) is 9.09 Å². The van der Waals surface area contributed by atoms with Crippen molar-refractivity contribution in [3.8, 4) is 0 Å². The van der Waals surface area contributed by atoms with Crippen molar-refractivity contribution in [3.05, 3.63) is 0 Å². The molecule has 0 aromatic rings. The Labute approximate surface area is 90.3 Å². The molecule has 0 heterocycles. The Morgan fingerprint density at radius 2 is 2.00 bits per heavy atom. The van der Waals surface area contributed by atoms with E-state index in [4.69, 9.17) is 9.79 Å². The van der Waals surface area contributed by atoms with Crippen molar-refractivity contribution in [2.75, 3.05) is 6.61 Å². The van der Waals surface area contributed by atoms with Crippen molar-refractivity contribution in [3.63, 3.8) is 0 Å². The fraction of sp³-hybridized carbons (Fsp3) is 1.00. The molecule has 0 radical (unpaired) electrons. The summed E-state index contributed by atoms with van der Waals surface area (Å²) in [6, 6.07) is 0. The van der Waals surface area contributed by atoms with Gasteiger partial charge in [0.05, 0.1) is 6.61 Å². The van der Waals surface area contributed by atoms with Crippen molar-refractivity contribution in [1.82, 2.24) is 0 Å². The first-order chi connectivity index (χ1) is 3.06. The Morgan fingerprint density at radius 3 is 2.00 bits per heavy atom. The van der Waals surface area contributed by atoms with Crippen molar-refractivity contribution in [2.45, 2.75) is 6.92 Å². The molecule has 0 aliphatic carbocycles. The molecule has 4 nitrogen and oxygen atoms in total. The van der Waals surface area contributed by atoms with Gasteiger partial charge < -0.3 is 9.79 Å². The molecule has 0 unspecified atom stereocenters. The van der Waals surface area contributed by atoms with Crippen LogP contribution in [0.5, 0.6) is 0 Å². The zero-order valence-corrected chi connectivity index (χ0v) is 4.76. The molecular weight excluding hydrogens is 158 g/mol. The van der Waals surface area contributed by atoms with Crippen LogP contribution in [0.4, 0.5) is 0 Å². The van der Waals surface area contributed by atoms with Crippen molar-refractivity contribution < 1.29 is 18.9 Å². The average molecular weight is 166 g/mol. The predicted octanol–water partition coefficient (Wildman–Crippen LogP) is -0.533. The van der Waals surface area contributed by atoms with Crippen molar-refractivity contribution in [2.24, 2.45) is 0 Å². The Balaban J connectivity index is 0. The molecule has 0 fully saturated rings. The molecule has 2 N–H and O–H groups in total. The van der Waals surface area contributed by atoms with Gasteiger partial charge in [0.1, 0.15) is 0 Å². The van der Waals surface area contributed by atoms with Gasteiger partial charge in [-0.3, -0.25) is 4.52 Å². The summed E-state index contributed by atoms with van der Waals surface area (Å²) in [5, 5.41) is 0. The van der Waals surface area contributed by atoms with Gasteiger partial charge in [-0.1, -0.05) is 0 Å². The van der Waals surface area contributed by atoms with Crippen LogP contribution in [0.1, 0.15) is 6.92 Å². The van der Waals surface area contributed by atoms with Crippen LogP contribution >= 0.6 is 7.82 Å².